The van der Waals surface area contributed by atoms with E-state index in [4.69, 9.17) is 9.84 Å². The molecule has 0 aliphatic rings. The third kappa shape index (κ3) is 5.20. The first-order valence-corrected chi connectivity index (χ1v) is 6.31. The highest BCUT2D eigenvalue weighted by atomic mass is 16.5. The van der Waals surface area contributed by atoms with Crippen molar-refractivity contribution in [2.75, 3.05) is 26.3 Å². The largest absolute Gasteiger partial charge is 0.494 e. The van der Waals surface area contributed by atoms with Gasteiger partial charge in [-0.1, -0.05) is 12.1 Å². The molecule has 0 aromatic heterocycles. The van der Waals surface area contributed by atoms with Gasteiger partial charge < -0.3 is 15.2 Å². The van der Waals surface area contributed by atoms with Crippen LogP contribution in [0, 0.1) is 6.92 Å². The summed E-state index contributed by atoms with van der Waals surface area (Å²) >= 11 is 0. The molecule has 1 rings (SSSR count). The molecule has 2 N–H and O–H groups in total. The smallest absolute Gasteiger partial charge is 0.122 e. The van der Waals surface area contributed by atoms with Crippen molar-refractivity contribution in [3.63, 3.8) is 0 Å². The molecule has 3 heteroatoms. The van der Waals surface area contributed by atoms with Crippen LogP contribution in [0.3, 0.4) is 0 Å². The van der Waals surface area contributed by atoms with Gasteiger partial charge in [-0.15, -0.1) is 0 Å². The Hall–Kier alpha value is -1.06. The maximum atomic E-state index is 8.65. The highest BCUT2D eigenvalue weighted by molar-refractivity contribution is 5.36. The summed E-state index contributed by atoms with van der Waals surface area (Å²) in [6.07, 6.45) is 1.83. The van der Waals surface area contributed by atoms with Crippen molar-refractivity contribution in [3.8, 4) is 5.75 Å². The molecule has 17 heavy (non-hydrogen) atoms. The van der Waals surface area contributed by atoms with Gasteiger partial charge in [0, 0.05) is 6.61 Å². The van der Waals surface area contributed by atoms with Crippen molar-refractivity contribution < 1.29 is 9.84 Å². The van der Waals surface area contributed by atoms with Crippen molar-refractivity contribution >= 4 is 0 Å². The zero-order valence-corrected chi connectivity index (χ0v) is 10.8. The zero-order valence-electron chi connectivity index (χ0n) is 10.8. The number of aliphatic hydroxyl groups is 1. The normalized spacial score (nSPS) is 10.5. The molecule has 0 radical (unpaired) electrons. The predicted molar refractivity (Wildman–Crippen MR) is 70.6 cm³/mol. The number of benzene rings is 1. The fourth-order valence-electron chi connectivity index (χ4n) is 1.75. The summed E-state index contributed by atoms with van der Waals surface area (Å²) in [5, 5.41) is 11.9. The third-order valence-electron chi connectivity index (χ3n) is 2.64. The van der Waals surface area contributed by atoms with E-state index in [1.54, 1.807) is 0 Å². The molecule has 0 amide bonds. The monoisotopic (exact) mass is 237 g/mol. The number of hydrogen-bond donors (Lipinski definition) is 2. The van der Waals surface area contributed by atoms with Crippen LogP contribution >= 0.6 is 0 Å². The van der Waals surface area contributed by atoms with E-state index in [1.165, 1.54) is 11.1 Å². The van der Waals surface area contributed by atoms with E-state index in [-0.39, 0.29) is 6.61 Å². The van der Waals surface area contributed by atoms with Gasteiger partial charge in [0.1, 0.15) is 5.75 Å². The van der Waals surface area contributed by atoms with Gasteiger partial charge in [-0.05, 0) is 57.0 Å². The van der Waals surface area contributed by atoms with Crippen LogP contribution in [0.1, 0.15) is 24.5 Å². The minimum Gasteiger partial charge on any atom is -0.494 e. The molecular weight excluding hydrogens is 214 g/mol. The second-order valence-electron chi connectivity index (χ2n) is 4.11. The fourth-order valence-corrected chi connectivity index (χ4v) is 1.75. The lowest BCUT2D eigenvalue weighted by atomic mass is 10.1. The van der Waals surface area contributed by atoms with Crippen molar-refractivity contribution in [2.45, 2.75) is 26.7 Å². The van der Waals surface area contributed by atoms with Crippen LogP contribution in [-0.2, 0) is 6.42 Å². The molecule has 0 heterocycles. The van der Waals surface area contributed by atoms with Crippen LogP contribution < -0.4 is 10.1 Å². The maximum absolute atomic E-state index is 8.65. The second kappa shape index (κ2) is 8.09. The van der Waals surface area contributed by atoms with Gasteiger partial charge >= 0.3 is 0 Å². The van der Waals surface area contributed by atoms with Gasteiger partial charge in [0.25, 0.3) is 0 Å². The number of rotatable bonds is 8. The van der Waals surface area contributed by atoms with E-state index in [1.807, 2.05) is 13.0 Å². The first-order chi connectivity index (χ1) is 8.27. The average Bonchev–Trinajstić information content (AvgIpc) is 2.32. The standard InChI is InChI=1S/C14H23NO2/c1-3-17-14-6-5-13(11-12(14)2)7-9-15-8-4-10-16/h5-6,11,15-16H,3-4,7-10H2,1-2H3. The Morgan fingerprint density at radius 1 is 1.29 bits per heavy atom. The lowest BCUT2D eigenvalue weighted by molar-refractivity contribution is 0.286. The SMILES string of the molecule is CCOc1ccc(CCNCCCO)cc1C. The van der Waals surface area contributed by atoms with E-state index < -0.39 is 0 Å². The molecule has 3 nitrogen and oxygen atoms in total. The fraction of sp³-hybridized carbons (Fsp3) is 0.571. The first kappa shape index (κ1) is 14.0. The second-order valence-corrected chi connectivity index (χ2v) is 4.11. The van der Waals surface area contributed by atoms with Crippen molar-refractivity contribution in [2.24, 2.45) is 0 Å². The summed E-state index contributed by atoms with van der Waals surface area (Å²) in [6, 6.07) is 6.34. The van der Waals surface area contributed by atoms with E-state index in [2.05, 4.69) is 24.4 Å². The van der Waals surface area contributed by atoms with Crippen LogP contribution in [0.2, 0.25) is 0 Å². The zero-order chi connectivity index (χ0) is 12.5. The molecule has 0 atom stereocenters. The summed E-state index contributed by atoms with van der Waals surface area (Å²) in [5.41, 5.74) is 2.52. The van der Waals surface area contributed by atoms with E-state index >= 15 is 0 Å². The summed E-state index contributed by atoms with van der Waals surface area (Å²) in [7, 11) is 0. The third-order valence-corrected chi connectivity index (χ3v) is 2.64. The summed E-state index contributed by atoms with van der Waals surface area (Å²) in [5.74, 6) is 0.976. The Labute approximate surface area is 104 Å². The highest BCUT2D eigenvalue weighted by Crippen LogP contribution is 2.19. The molecule has 96 valence electrons. The van der Waals surface area contributed by atoms with E-state index in [0.717, 1.165) is 31.7 Å². The average molecular weight is 237 g/mol. The maximum Gasteiger partial charge on any atom is 0.122 e. The van der Waals surface area contributed by atoms with Crippen LogP contribution in [-0.4, -0.2) is 31.4 Å². The molecule has 0 saturated carbocycles. The Balaban J connectivity index is 2.36. The van der Waals surface area contributed by atoms with Gasteiger partial charge in [0.2, 0.25) is 0 Å². The van der Waals surface area contributed by atoms with Crippen molar-refractivity contribution in [1.82, 2.24) is 5.32 Å². The Morgan fingerprint density at radius 3 is 2.76 bits per heavy atom. The Kier molecular flexibility index (Phi) is 6.67. The molecular formula is C14H23NO2. The molecule has 0 aliphatic carbocycles. The summed E-state index contributed by atoms with van der Waals surface area (Å²) < 4.78 is 5.51. The van der Waals surface area contributed by atoms with Gasteiger partial charge in [0.15, 0.2) is 0 Å². The van der Waals surface area contributed by atoms with Crippen LogP contribution in [0.25, 0.3) is 0 Å². The molecule has 0 fully saturated rings. The molecule has 0 aliphatic heterocycles. The number of aryl methyl sites for hydroxylation is 1. The van der Waals surface area contributed by atoms with Crippen LogP contribution in [0.4, 0.5) is 0 Å². The molecule has 0 bridgehead atoms. The first-order valence-electron chi connectivity index (χ1n) is 6.31. The molecule has 0 saturated heterocycles. The van der Waals surface area contributed by atoms with Crippen molar-refractivity contribution in [1.29, 1.82) is 0 Å². The number of ether oxygens (including phenoxy) is 1. The number of nitrogens with one attached hydrogen (secondary N) is 1. The predicted octanol–water partition coefficient (Wildman–Crippen LogP) is 1.91. The summed E-state index contributed by atoms with van der Waals surface area (Å²) in [4.78, 5) is 0. The van der Waals surface area contributed by atoms with Crippen LogP contribution in [0.5, 0.6) is 5.75 Å². The van der Waals surface area contributed by atoms with Crippen LogP contribution in [0.15, 0.2) is 18.2 Å². The highest BCUT2D eigenvalue weighted by Gasteiger charge is 2.00. The Morgan fingerprint density at radius 2 is 2.12 bits per heavy atom. The molecule has 0 unspecified atom stereocenters. The van der Waals surface area contributed by atoms with Crippen molar-refractivity contribution in [3.05, 3.63) is 29.3 Å². The summed E-state index contributed by atoms with van der Waals surface area (Å²) in [6.45, 7) is 6.88. The van der Waals surface area contributed by atoms with Gasteiger partial charge in [-0.2, -0.15) is 0 Å². The van der Waals surface area contributed by atoms with Gasteiger partial charge in [-0.25, -0.2) is 0 Å². The minimum absolute atomic E-state index is 0.259. The minimum atomic E-state index is 0.259. The topological polar surface area (TPSA) is 41.5 Å². The molecule has 1 aromatic carbocycles. The number of hydrogen-bond acceptors (Lipinski definition) is 3. The Bertz CT molecular complexity index is 326. The lowest BCUT2D eigenvalue weighted by Gasteiger charge is -2.09. The van der Waals surface area contributed by atoms with E-state index in [0.29, 0.717) is 6.61 Å². The lowest BCUT2D eigenvalue weighted by Crippen LogP contribution is -2.19. The molecule has 1 aromatic rings. The van der Waals surface area contributed by atoms with E-state index in [9.17, 15) is 0 Å². The van der Waals surface area contributed by atoms with Gasteiger partial charge in [0.05, 0.1) is 6.61 Å². The quantitative estimate of drug-likeness (QED) is 0.679. The number of aliphatic hydroxyl groups excluding tert-OH is 1. The van der Waals surface area contributed by atoms with Gasteiger partial charge in [-0.3, -0.25) is 0 Å². The molecule has 0 spiro atoms.